The van der Waals surface area contributed by atoms with E-state index in [0.717, 1.165) is 16.4 Å². The monoisotopic (exact) mass is 239 g/mol. The summed E-state index contributed by atoms with van der Waals surface area (Å²) in [6.45, 7) is 0.906. The van der Waals surface area contributed by atoms with Gasteiger partial charge in [0.15, 0.2) is 0 Å². The standard InChI is InChI=1S/C7H14IN/c8-7-3-1-6(5-9)2-4-7/h6-7H,1-5,9H2. The normalized spacial score (nSPS) is 36.7. The number of halogens is 1. The van der Waals surface area contributed by atoms with Crippen LogP contribution in [0.5, 0.6) is 0 Å². The highest BCUT2D eigenvalue weighted by Crippen LogP contribution is 2.27. The lowest BCUT2D eigenvalue weighted by molar-refractivity contribution is 0.380. The van der Waals surface area contributed by atoms with E-state index in [1.165, 1.54) is 25.7 Å². The van der Waals surface area contributed by atoms with Gasteiger partial charge in [0.05, 0.1) is 0 Å². The molecule has 1 nitrogen and oxygen atoms in total. The number of nitrogens with two attached hydrogens (primary N) is 1. The van der Waals surface area contributed by atoms with Crippen molar-refractivity contribution >= 4 is 22.6 Å². The van der Waals surface area contributed by atoms with E-state index in [0.29, 0.717) is 0 Å². The summed E-state index contributed by atoms with van der Waals surface area (Å²) in [5.41, 5.74) is 5.55. The van der Waals surface area contributed by atoms with Crippen molar-refractivity contribution in [3.63, 3.8) is 0 Å². The largest absolute Gasteiger partial charge is 0.330 e. The van der Waals surface area contributed by atoms with E-state index >= 15 is 0 Å². The topological polar surface area (TPSA) is 26.0 Å². The van der Waals surface area contributed by atoms with Crippen molar-refractivity contribution in [3.05, 3.63) is 0 Å². The van der Waals surface area contributed by atoms with Gasteiger partial charge in [-0.25, -0.2) is 0 Å². The van der Waals surface area contributed by atoms with E-state index < -0.39 is 0 Å². The lowest BCUT2D eigenvalue weighted by atomic mass is 9.89. The summed E-state index contributed by atoms with van der Waals surface area (Å²) in [6.07, 6.45) is 5.51. The third kappa shape index (κ3) is 2.42. The third-order valence-corrected chi connectivity index (χ3v) is 3.36. The van der Waals surface area contributed by atoms with Crippen LogP contribution in [0, 0.1) is 5.92 Å². The Morgan fingerprint density at radius 2 is 1.78 bits per heavy atom. The molecule has 0 saturated heterocycles. The smallest absolute Gasteiger partial charge is 0.0110 e. The van der Waals surface area contributed by atoms with Gasteiger partial charge in [-0.3, -0.25) is 0 Å². The number of rotatable bonds is 1. The molecule has 54 valence electrons. The molecule has 0 aliphatic heterocycles. The average Bonchev–Trinajstić information content (AvgIpc) is 1.90. The van der Waals surface area contributed by atoms with Crippen LogP contribution in [0.15, 0.2) is 0 Å². The van der Waals surface area contributed by atoms with E-state index in [1.54, 1.807) is 0 Å². The lowest BCUT2D eigenvalue weighted by Gasteiger charge is -2.23. The molecule has 0 amide bonds. The molecule has 0 spiro atoms. The highest BCUT2D eigenvalue weighted by Gasteiger charge is 2.16. The number of alkyl halides is 1. The Balaban J connectivity index is 2.18. The minimum atomic E-state index is 0.844. The molecule has 0 aromatic heterocycles. The molecule has 9 heavy (non-hydrogen) atoms. The third-order valence-electron chi connectivity index (χ3n) is 2.11. The molecule has 0 unspecified atom stereocenters. The van der Waals surface area contributed by atoms with Crippen molar-refractivity contribution in [2.75, 3.05) is 6.54 Å². The summed E-state index contributed by atoms with van der Waals surface area (Å²) in [5, 5.41) is 0. The van der Waals surface area contributed by atoms with Crippen LogP contribution in [0.1, 0.15) is 25.7 Å². The summed E-state index contributed by atoms with van der Waals surface area (Å²) in [7, 11) is 0. The van der Waals surface area contributed by atoms with Gasteiger partial charge < -0.3 is 5.73 Å². The lowest BCUT2D eigenvalue weighted by Crippen LogP contribution is -2.21. The van der Waals surface area contributed by atoms with Crippen molar-refractivity contribution in [2.24, 2.45) is 11.7 Å². The Morgan fingerprint density at radius 1 is 1.22 bits per heavy atom. The molecule has 1 aliphatic carbocycles. The number of hydrogen-bond acceptors (Lipinski definition) is 1. The van der Waals surface area contributed by atoms with E-state index in [4.69, 9.17) is 5.73 Å². The molecular formula is C7H14IN. The molecule has 0 aromatic carbocycles. The van der Waals surface area contributed by atoms with Crippen molar-refractivity contribution in [1.29, 1.82) is 0 Å². The van der Waals surface area contributed by atoms with Gasteiger partial charge in [-0.05, 0) is 38.1 Å². The molecule has 1 saturated carbocycles. The van der Waals surface area contributed by atoms with Gasteiger partial charge in [-0.15, -0.1) is 0 Å². The Hall–Kier alpha value is 0.690. The predicted molar refractivity (Wildman–Crippen MR) is 48.8 cm³/mol. The summed E-state index contributed by atoms with van der Waals surface area (Å²) in [4.78, 5) is 0. The Kier molecular flexibility index (Phi) is 3.26. The molecule has 0 bridgehead atoms. The number of hydrogen-bond donors (Lipinski definition) is 1. The summed E-state index contributed by atoms with van der Waals surface area (Å²) in [6, 6.07) is 0. The van der Waals surface area contributed by atoms with Gasteiger partial charge in [-0.1, -0.05) is 22.6 Å². The maximum absolute atomic E-state index is 5.55. The first-order valence-corrected chi connectivity index (χ1v) is 4.91. The minimum absolute atomic E-state index is 0.844. The van der Waals surface area contributed by atoms with Gasteiger partial charge in [-0.2, -0.15) is 0 Å². The second kappa shape index (κ2) is 3.76. The van der Waals surface area contributed by atoms with Crippen LogP contribution < -0.4 is 5.73 Å². The van der Waals surface area contributed by atoms with Crippen molar-refractivity contribution in [1.82, 2.24) is 0 Å². The summed E-state index contributed by atoms with van der Waals surface area (Å²) in [5.74, 6) is 0.844. The van der Waals surface area contributed by atoms with Crippen LogP contribution in [0.4, 0.5) is 0 Å². The Morgan fingerprint density at radius 3 is 2.22 bits per heavy atom. The van der Waals surface area contributed by atoms with E-state index in [1.807, 2.05) is 0 Å². The van der Waals surface area contributed by atoms with Crippen molar-refractivity contribution in [3.8, 4) is 0 Å². The van der Waals surface area contributed by atoms with E-state index in [-0.39, 0.29) is 0 Å². The Labute approximate surface area is 70.5 Å². The SMILES string of the molecule is NCC1CCC(I)CC1. The molecular weight excluding hydrogens is 225 g/mol. The highest BCUT2D eigenvalue weighted by molar-refractivity contribution is 14.1. The van der Waals surface area contributed by atoms with E-state index in [9.17, 15) is 0 Å². The first-order chi connectivity index (χ1) is 4.33. The molecule has 0 aromatic rings. The van der Waals surface area contributed by atoms with Gasteiger partial charge in [0.1, 0.15) is 0 Å². The van der Waals surface area contributed by atoms with Crippen molar-refractivity contribution in [2.45, 2.75) is 29.6 Å². The fourth-order valence-electron chi connectivity index (χ4n) is 1.36. The maximum Gasteiger partial charge on any atom is 0.0110 e. The molecule has 0 atom stereocenters. The van der Waals surface area contributed by atoms with Gasteiger partial charge in [0.2, 0.25) is 0 Å². The fourth-order valence-corrected chi connectivity index (χ4v) is 2.08. The molecule has 0 heterocycles. The van der Waals surface area contributed by atoms with Gasteiger partial charge in [0.25, 0.3) is 0 Å². The summed E-state index contributed by atoms with van der Waals surface area (Å²) >= 11 is 2.54. The van der Waals surface area contributed by atoms with Crippen LogP contribution in [-0.2, 0) is 0 Å². The second-order valence-electron chi connectivity index (χ2n) is 2.85. The zero-order valence-electron chi connectivity index (χ0n) is 5.65. The molecule has 1 aliphatic rings. The zero-order valence-corrected chi connectivity index (χ0v) is 7.80. The first kappa shape index (κ1) is 7.79. The van der Waals surface area contributed by atoms with Crippen LogP contribution >= 0.6 is 22.6 Å². The van der Waals surface area contributed by atoms with Crippen LogP contribution in [0.25, 0.3) is 0 Å². The molecule has 1 fully saturated rings. The Bertz CT molecular complexity index is 77.0. The quantitative estimate of drug-likeness (QED) is 0.549. The zero-order chi connectivity index (χ0) is 6.69. The minimum Gasteiger partial charge on any atom is -0.330 e. The molecule has 2 heteroatoms. The molecule has 1 rings (SSSR count). The second-order valence-corrected chi connectivity index (χ2v) is 4.62. The predicted octanol–water partition coefficient (Wildman–Crippen LogP) is 1.94. The van der Waals surface area contributed by atoms with Crippen LogP contribution in [0.2, 0.25) is 0 Å². The fraction of sp³-hybridized carbons (Fsp3) is 1.00. The van der Waals surface area contributed by atoms with Crippen molar-refractivity contribution < 1.29 is 0 Å². The first-order valence-electron chi connectivity index (χ1n) is 3.67. The van der Waals surface area contributed by atoms with Crippen LogP contribution in [-0.4, -0.2) is 10.5 Å². The molecule has 2 N–H and O–H groups in total. The summed E-state index contributed by atoms with van der Waals surface area (Å²) < 4.78 is 0.936. The molecule has 0 radical (unpaired) electrons. The highest BCUT2D eigenvalue weighted by atomic mass is 127. The average molecular weight is 239 g/mol. The van der Waals surface area contributed by atoms with Crippen LogP contribution in [0.3, 0.4) is 0 Å². The van der Waals surface area contributed by atoms with Gasteiger partial charge in [0, 0.05) is 3.92 Å². The van der Waals surface area contributed by atoms with Gasteiger partial charge >= 0.3 is 0 Å². The van der Waals surface area contributed by atoms with E-state index in [2.05, 4.69) is 22.6 Å². The maximum atomic E-state index is 5.55.